The van der Waals surface area contributed by atoms with Crippen molar-refractivity contribution in [2.45, 2.75) is 13.8 Å². The molecule has 0 aromatic heterocycles. The van der Waals surface area contributed by atoms with Crippen molar-refractivity contribution in [2.24, 2.45) is 0 Å². The molecule has 2 aromatic rings. The van der Waals surface area contributed by atoms with Crippen molar-refractivity contribution >= 4 is 23.6 Å². The summed E-state index contributed by atoms with van der Waals surface area (Å²) >= 11 is 0. The zero-order valence-corrected chi connectivity index (χ0v) is 12.4. The zero-order valence-electron chi connectivity index (χ0n) is 12.4. The fourth-order valence-corrected chi connectivity index (χ4v) is 1.97. The van der Waals surface area contributed by atoms with E-state index in [2.05, 4.69) is 0 Å². The van der Waals surface area contributed by atoms with Crippen LogP contribution < -0.4 is 4.74 Å². The third-order valence-corrected chi connectivity index (χ3v) is 3.05. The molecule has 0 aliphatic rings. The fourth-order valence-electron chi connectivity index (χ4n) is 1.97. The van der Waals surface area contributed by atoms with Gasteiger partial charge in [0.05, 0.1) is 5.57 Å². The minimum atomic E-state index is -1.01. The van der Waals surface area contributed by atoms with Crippen LogP contribution in [0, 0.1) is 6.92 Å². The lowest BCUT2D eigenvalue weighted by molar-refractivity contribution is -0.132. The maximum Gasteiger partial charge on any atom is 0.336 e. The molecular formula is C18H16O4. The van der Waals surface area contributed by atoms with Crippen molar-refractivity contribution in [1.82, 2.24) is 0 Å². The lowest BCUT2D eigenvalue weighted by Gasteiger charge is -2.06. The summed E-state index contributed by atoms with van der Waals surface area (Å²) in [5.41, 5.74) is 2.65. The highest BCUT2D eigenvalue weighted by Crippen LogP contribution is 2.22. The maximum atomic E-state index is 11.5. The summed E-state index contributed by atoms with van der Waals surface area (Å²) < 4.78 is 4.94. The molecule has 0 heterocycles. The van der Waals surface area contributed by atoms with Crippen LogP contribution in [0.3, 0.4) is 0 Å². The van der Waals surface area contributed by atoms with E-state index in [9.17, 15) is 14.7 Å². The number of rotatable bonds is 4. The predicted octanol–water partition coefficient (Wildman–Crippen LogP) is 3.55. The molecule has 2 rings (SSSR count). The number of ether oxygens (including phenoxy) is 1. The average molecular weight is 296 g/mol. The Hall–Kier alpha value is -2.88. The Morgan fingerprint density at radius 1 is 1.00 bits per heavy atom. The summed E-state index contributed by atoms with van der Waals surface area (Å²) in [4.78, 5) is 22.4. The molecule has 2 aromatic carbocycles. The van der Waals surface area contributed by atoms with E-state index in [0.29, 0.717) is 11.3 Å². The zero-order chi connectivity index (χ0) is 16.1. The van der Waals surface area contributed by atoms with E-state index in [-0.39, 0.29) is 5.57 Å². The Balaban J connectivity index is 2.33. The topological polar surface area (TPSA) is 63.6 Å². The van der Waals surface area contributed by atoms with Crippen molar-refractivity contribution in [3.63, 3.8) is 0 Å². The highest BCUT2D eigenvalue weighted by Gasteiger charge is 2.11. The van der Waals surface area contributed by atoms with Gasteiger partial charge < -0.3 is 9.84 Å². The van der Waals surface area contributed by atoms with E-state index < -0.39 is 11.9 Å². The Kier molecular flexibility index (Phi) is 4.73. The molecule has 0 radical (unpaired) electrons. The van der Waals surface area contributed by atoms with Gasteiger partial charge in [0.25, 0.3) is 0 Å². The number of aryl methyl sites for hydroxylation is 1. The number of carboxylic acids is 1. The van der Waals surface area contributed by atoms with Gasteiger partial charge in [-0.2, -0.15) is 0 Å². The largest absolute Gasteiger partial charge is 0.478 e. The lowest BCUT2D eigenvalue weighted by Crippen LogP contribution is -2.02. The predicted molar refractivity (Wildman–Crippen MR) is 84.4 cm³/mol. The number of hydrogen-bond donors (Lipinski definition) is 1. The Bertz CT molecular complexity index is 710. The summed E-state index contributed by atoms with van der Waals surface area (Å²) in [6.45, 7) is 3.28. The van der Waals surface area contributed by atoms with Crippen LogP contribution in [-0.2, 0) is 9.59 Å². The summed E-state index contributed by atoms with van der Waals surface area (Å²) in [5, 5.41) is 9.40. The quantitative estimate of drug-likeness (QED) is 0.405. The standard InChI is InChI=1S/C18H16O4/c1-12-3-5-14(6-4-12)11-17(18(20)21)15-7-9-16(10-8-15)22-13(2)19/h3-11H,1-2H3,(H,20,21). The maximum absolute atomic E-state index is 11.5. The van der Waals surface area contributed by atoms with Crippen LogP contribution in [0.1, 0.15) is 23.6 Å². The van der Waals surface area contributed by atoms with Gasteiger partial charge in [-0.1, -0.05) is 42.0 Å². The molecule has 0 spiro atoms. The molecule has 0 aliphatic heterocycles. The normalized spacial score (nSPS) is 11.1. The molecule has 0 unspecified atom stereocenters. The van der Waals surface area contributed by atoms with E-state index in [0.717, 1.165) is 11.1 Å². The molecule has 0 bridgehead atoms. The molecular weight excluding hydrogens is 280 g/mol. The SMILES string of the molecule is CC(=O)Oc1ccc(C(=Cc2ccc(C)cc2)C(=O)O)cc1. The second-order valence-corrected chi connectivity index (χ2v) is 4.89. The first-order valence-electron chi connectivity index (χ1n) is 6.76. The van der Waals surface area contributed by atoms with E-state index in [1.54, 1.807) is 30.3 Å². The summed E-state index contributed by atoms with van der Waals surface area (Å²) in [5.74, 6) is -1.04. The molecule has 22 heavy (non-hydrogen) atoms. The summed E-state index contributed by atoms with van der Waals surface area (Å²) in [7, 11) is 0. The summed E-state index contributed by atoms with van der Waals surface area (Å²) in [6.07, 6.45) is 1.61. The van der Waals surface area contributed by atoms with Gasteiger partial charge in [0.2, 0.25) is 0 Å². The van der Waals surface area contributed by atoms with E-state index in [4.69, 9.17) is 4.74 Å². The molecule has 0 saturated carbocycles. The first-order chi connectivity index (χ1) is 10.5. The number of carbonyl (C=O) groups is 2. The third-order valence-electron chi connectivity index (χ3n) is 3.05. The van der Waals surface area contributed by atoms with Crippen molar-refractivity contribution in [3.8, 4) is 5.75 Å². The van der Waals surface area contributed by atoms with E-state index >= 15 is 0 Å². The van der Waals surface area contributed by atoms with Crippen LogP contribution in [-0.4, -0.2) is 17.0 Å². The van der Waals surface area contributed by atoms with Gasteiger partial charge in [-0.05, 0) is 36.3 Å². The Morgan fingerprint density at radius 3 is 2.09 bits per heavy atom. The number of carbonyl (C=O) groups excluding carboxylic acids is 1. The lowest BCUT2D eigenvalue weighted by atomic mass is 10.0. The highest BCUT2D eigenvalue weighted by molar-refractivity contribution is 6.20. The molecule has 0 aliphatic carbocycles. The Morgan fingerprint density at radius 2 is 1.59 bits per heavy atom. The number of aliphatic carboxylic acids is 1. The molecule has 112 valence electrons. The van der Waals surface area contributed by atoms with E-state index in [1.165, 1.54) is 6.92 Å². The van der Waals surface area contributed by atoms with Gasteiger partial charge in [-0.25, -0.2) is 4.79 Å². The molecule has 0 saturated heterocycles. The number of benzene rings is 2. The van der Waals surface area contributed by atoms with Crippen LogP contribution in [0.5, 0.6) is 5.75 Å². The minimum Gasteiger partial charge on any atom is -0.478 e. The third kappa shape index (κ3) is 4.06. The van der Waals surface area contributed by atoms with Crippen LogP contribution in [0.25, 0.3) is 11.6 Å². The first kappa shape index (κ1) is 15.5. The minimum absolute atomic E-state index is 0.179. The molecule has 0 amide bonds. The van der Waals surface area contributed by atoms with Crippen LogP contribution >= 0.6 is 0 Å². The average Bonchev–Trinajstić information content (AvgIpc) is 2.47. The first-order valence-corrected chi connectivity index (χ1v) is 6.76. The Labute approximate surface area is 128 Å². The van der Waals surface area contributed by atoms with Gasteiger partial charge in [0, 0.05) is 6.92 Å². The van der Waals surface area contributed by atoms with Gasteiger partial charge in [-0.3, -0.25) is 4.79 Å². The second kappa shape index (κ2) is 6.72. The number of hydrogen-bond acceptors (Lipinski definition) is 3. The van der Waals surface area contributed by atoms with Gasteiger partial charge in [0.1, 0.15) is 5.75 Å². The highest BCUT2D eigenvalue weighted by atomic mass is 16.5. The van der Waals surface area contributed by atoms with Crippen LogP contribution in [0.2, 0.25) is 0 Å². The van der Waals surface area contributed by atoms with Crippen molar-refractivity contribution in [2.75, 3.05) is 0 Å². The number of esters is 1. The van der Waals surface area contributed by atoms with E-state index in [1.807, 2.05) is 31.2 Å². The molecule has 4 nitrogen and oxygen atoms in total. The van der Waals surface area contributed by atoms with Crippen molar-refractivity contribution in [1.29, 1.82) is 0 Å². The van der Waals surface area contributed by atoms with Crippen molar-refractivity contribution < 1.29 is 19.4 Å². The van der Waals surface area contributed by atoms with Gasteiger partial charge in [-0.15, -0.1) is 0 Å². The van der Waals surface area contributed by atoms with Crippen LogP contribution in [0.4, 0.5) is 0 Å². The molecule has 0 fully saturated rings. The van der Waals surface area contributed by atoms with Gasteiger partial charge in [0.15, 0.2) is 0 Å². The monoisotopic (exact) mass is 296 g/mol. The number of carboxylic acid groups (broad SMARTS) is 1. The second-order valence-electron chi connectivity index (χ2n) is 4.89. The smallest absolute Gasteiger partial charge is 0.336 e. The van der Waals surface area contributed by atoms with Gasteiger partial charge >= 0.3 is 11.9 Å². The fraction of sp³-hybridized carbons (Fsp3) is 0.111. The molecule has 0 atom stereocenters. The van der Waals surface area contributed by atoms with Crippen molar-refractivity contribution in [3.05, 3.63) is 65.2 Å². The van der Waals surface area contributed by atoms with Crippen LogP contribution in [0.15, 0.2) is 48.5 Å². The molecule has 4 heteroatoms. The molecule has 1 N–H and O–H groups in total. The summed E-state index contributed by atoms with van der Waals surface area (Å²) in [6, 6.07) is 14.0.